The Morgan fingerprint density at radius 1 is 0.331 bits per heavy atom. The number of rotatable bonds is 19. The number of hydrogen-bond donors (Lipinski definition) is 2. The van der Waals surface area contributed by atoms with Gasteiger partial charge in [0.15, 0.2) is 0 Å². The number of ether oxygens (including phenoxy) is 1. The molecule has 0 radical (unpaired) electrons. The fourth-order valence-electron chi connectivity index (χ4n) is 9.34. The maximum absolute atomic E-state index is 11.4. The number of nitrogens with one attached hydrogen (secondary N) is 2. The predicted molar refractivity (Wildman–Crippen MR) is 457 cm³/mol. The summed E-state index contributed by atoms with van der Waals surface area (Å²) in [6, 6.07) is 76.4. The number of pyridine rings is 2. The van der Waals surface area contributed by atoms with Crippen LogP contribution in [0.4, 0.5) is 0 Å². The molecule has 664 valence electrons. The van der Waals surface area contributed by atoms with E-state index in [0.29, 0.717) is 52.5 Å². The van der Waals surface area contributed by atoms with E-state index in [4.69, 9.17) is 0 Å². The third-order valence-electron chi connectivity index (χ3n) is 15.1. The van der Waals surface area contributed by atoms with Crippen molar-refractivity contribution in [2.24, 2.45) is 0 Å². The van der Waals surface area contributed by atoms with E-state index < -0.39 is 125 Å². The maximum atomic E-state index is 11.4. The zero-order valence-electron chi connectivity index (χ0n) is 76.8. The first-order valence-electron chi connectivity index (χ1n) is 34.7. The van der Waals surface area contributed by atoms with Gasteiger partial charge in [-0.2, -0.15) is 0 Å². The summed E-state index contributed by atoms with van der Waals surface area (Å²) >= 11 is 0.578. The number of methoxy groups -OCH3 is 1. The average Bonchev–Trinajstić information content (AvgIpc) is 0.831. The Morgan fingerprint density at radius 2 is 0.713 bits per heavy atom. The fourth-order valence-corrected chi connectivity index (χ4v) is 14.0. The second-order valence-electron chi connectivity index (χ2n) is 23.5. The SMILES string of the molecule is CNC(=O)c1cc(C(=O)NC)cc([S-](=O)=O)c1.COOCc1cc(C(=O)OC)cc([S-](=O)=O)c1.Cc1ccc([S-](=O)=O)cc1.Cc1cccc([S-](=O)=O)c1.O=[S-](=O)c1ccc(-c2ccccc2)cc1.O=[S-](=O)c1ccc2ccccc2c1.O=[S-](=O)c1cccc(SO[O-])c1.O=[S-](=O)c1cccc2cccnc12.O=[S-](=O)c1ccccc1.O=[S-](=O)c1ccncc1.[K+].[Na+].[Na+].[Na+].[Na+].[Na+].[Na+].[Na+].[Na+].[Na+].[Na+]. The predicted octanol–water partition coefficient (Wildman–Crippen LogP) is -18.1. The van der Waals surface area contributed by atoms with Gasteiger partial charge in [0.05, 0.1) is 25.3 Å². The van der Waals surface area contributed by atoms with Crippen molar-refractivity contribution < 1.29 is 470 Å². The number of esters is 1. The summed E-state index contributed by atoms with van der Waals surface area (Å²) in [6.45, 7) is 3.80. The molecule has 0 bridgehead atoms. The molecule has 13 aromatic rings. The first kappa shape index (κ1) is 151. The molecule has 0 aliphatic heterocycles. The van der Waals surface area contributed by atoms with Crippen LogP contribution in [0.25, 0.3) is 32.8 Å². The van der Waals surface area contributed by atoms with E-state index in [9.17, 15) is 104 Å². The summed E-state index contributed by atoms with van der Waals surface area (Å²) in [6.07, 6.45) is 4.45. The van der Waals surface area contributed by atoms with E-state index in [-0.39, 0.29) is 395 Å². The van der Waals surface area contributed by atoms with Crippen molar-refractivity contribution in [1.82, 2.24) is 20.6 Å². The standard InChI is InChI=1S/C12H9O2S.C10H11N2O4S.C10H11O6S.C10H7O2S.C9H6NO2S.2C7H7O2S.C6H5O4S2.C6H5O2S.C5H4NO2S.K.10Na/c13-15(14)12-8-6-11(7-9-12)10-4-2-1-3-5-10;1-11-9(13)6-3-7(10(14)12-2)5-8(4-6)17(15)16;1-14-10(11)8-3-7(6-16-15-2)4-9(5-8)17(12)13;11-13(12)10-6-5-8-3-1-2-4-9(8)7-10;11-13(12)8-5-1-3-7-4-2-6-10-9(7)8;1-6-2-4-7(5-3-6)10(8)9;1-6-3-2-4-7(5-6)10(8)9;7-10-11-5-2-1-3-6(4-5)12(8)9;7-9(8)6-4-2-1-3-5-6;7-9(8)5-1-3-6-4-2-5;;;;;;;;;;;/h1-9H;3-5H,1-2H3,(H,11,13)(H,12,14);3-5H,6H2,1-2H3;1-7H;1-6H;2*2-5H,1H3;1-4,7H;1-5H;1-4H;;;;;;;;;;;/q10*-1;11*+1/p-1. The molecule has 0 fully saturated rings. The van der Waals surface area contributed by atoms with Gasteiger partial charge in [0.25, 0.3) is 11.8 Å². The van der Waals surface area contributed by atoms with Crippen LogP contribution >= 0.6 is 12.0 Å². The molecule has 0 saturated heterocycles. The van der Waals surface area contributed by atoms with Crippen LogP contribution in [0.3, 0.4) is 0 Å². The van der Waals surface area contributed by atoms with E-state index in [2.05, 4.69) is 39.4 Å². The summed E-state index contributed by atoms with van der Waals surface area (Å²) in [5, 5.41) is 17.2. The van der Waals surface area contributed by atoms with Crippen molar-refractivity contribution in [3.63, 3.8) is 0 Å². The topological polar surface area (TPSA) is 502 Å². The molecule has 0 unspecified atom stereocenters. The Morgan fingerprint density at radius 3 is 1.15 bits per heavy atom. The van der Waals surface area contributed by atoms with Gasteiger partial charge in [-0.3, -0.25) is 19.6 Å². The van der Waals surface area contributed by atoms with Crippen molar-refractivity contribution in [3.8, 4) is 11.1 Å². The molecule has 54 heteroatoms. The van der Waals surface area contributed by atoms with Crippen LogP contribution in [0.1, 0.15) is 47.8 Å². The Kier molecular flexibility index (Phi) is 96.6. The zero-order chi connectivity index (χ0) is 92.5. The van der Waals surface area contributed by atoms with E-state index in [1.807, 2.05) is 86.6 Å². The molecule has 0 atom stereocenters. The zero-order valence-corrected chi connectivity index (χ0v) is 109. The van der Waals surface area contributed by atoms with Gasteiger partial charge in [-0.25, -0.2) is 14.6 Å². The van der Waals surface area contributed by atoms with Gasteiger partial charge in [-0.1, -0.05) is 315 Å². The van der Waals surface area contributed by atoms with Crippen LogP contribution in [0, 0.1) is 13.8 Å². The largest absolute Gasteiger partial charge is 1.00 e. The summed E-state index contributed by atoms with van der Waals surface area (Å²) in [5.74, 6) is -1.53. The number of carbonyl (C=O) groups excluding carboxylic acids is 3. The molecule has 32 nitrogen and oxygen atoms in total. The Labute approximate surface area is 1070 Å². The van der Waals surface area contributed by atoms with Crippen molar-refractivity contribution in [2.75, 3.05) is 28.3 Å². The third-order valence-corrected chi connectivity index (χ3v) is 22.1. The van der Waals surface area contributed by atoms with Crippen molar-refractivity contribution in [3.05, 3.63) is 331 Å². The van der Waals surface area contributed by atoms with Crippen molar-refractivity contribution in [1.29, 1.82) is 0 Å². The average molecular weight is 2180 g/mol. The first-order valence-corrected chi connectivity index (χ1v) is 46.2. The van der Waals surface area contributed by atoms with Gasteiger partial charge in [0.1, 0.15) is 6.61 Å². The number of nitrogens with zero attached hydrogens (tertiary/aromatic N) is 2. The summed E-state index contributed by atoms with van der Waals surface area (Å²) < 4.78 is 219. The summed E-state index contributed by atoms with van der Waals surface area (Å²) in [4.78, 5) is 53.5. The van der Waals surface area contributed by atoms with Gasteiger partial charge >= 0.3 is 353 Å². The molecule has 0 spiro atoms. The monoisotopic (exact) mass is 2180 g/mol. The Balaban J connectivity index is -0.000000222. The maximum Gasteiger partial charge on any atom is 1.00 e. The minimum absolute atomic E-state index is 0. The molecule has 0 aliphatic carbocycles. The molecule has 11 aromatic carbocycles. The van der Waals surface area contributed by atoms with E-state index >= 15 is 0 Å². The minimum atomic E-state index is -2.50. The molecular weight excluding hydrogens is 2110 g/mol. The number of carbonyl (C=O) groups is 3. The summed E-state index contributed by atoms with van der Waals surface area (Å²) in [5.41, 5.74) is 5.53. The van der Waals surface area contributed by atoms with Crippen LogP contribution in [0.2, 0.25) is 0 Å². The molecule has 2 aromatic heterocycles. The molecule has 0 saturated carbocycles. The fraction of sp³-hybridized carbons (Fsp3) is 0.0854. The van der Waals surface area contributed by atoms with Gasteiger partial charge in [0.2, 0.25) is 0 Å². The van der Waals surface area contributed by atoms with Gasteiger partial charge in [0, 0.05) is 60.8 Å². The smallest absolute Gasteiger partial charge is 0.710 e. The van der Waals surface area contributed by atoms with Crippen molar-refractivity contribution >= 4 is 159 Å². The van der Waals surface area contributed by atoms with Gasteiger partial charge < -0.3 is 109 Å². The molecule has 2 heterocycles. The van der Waals surface area contributed by atoms with E-state index in [0.717, 1.165) is 38.4 Å². The second kappa shape index (κ2) is 86.9. The second-order valence-corrected chi connectivity index (χ2v) is 33.7. The molecule has 0 aliphatic rings. The number of hydrogen-bond acceptors (Lipinski definition) is 41. The van der Waals surface area contributed by atoms with Crippen LogP contribution in [0.15, 0.2) is 351 Å². The van der Waals surface area contributed by atoms with Gasteiger partial charge in [-0.05, 0) is 178 Å². The van der Waals surface area contributed by atoms with Crippen LogP contribution < -0.4 is 363 Å². The number of benzene rings is 11. The first-order chi connectivity index (χ1) is 59.6. The van der Waals surface area contributed by atoms with E-state index in [1.54, 1.807) is 146 Å². The molecule has 2 amide bonds. The van der Waals surface area contributed by atoms with Crippen molar-refractivity contribution in [2.45, 2.75) is 74.3 Å². The molecule has 136 heavy (non-hydrogen) atoms. The van der Waals surface area contributed by atoms with Crippen LogP contribution in [-0.2, 0) is 217 Å². The van der Waals surface area contributed by atoms with Crippen LogP contribution in [-0.4, -0.2) is 56.1 Å². The molecule has 2 N–H and O–H groups in total. The Bertz CT molecular complexity index is 6480. The third kappa shape index (κ3) is 60.4. The number of fused-ring (bicyclic) bond motifs is 2. The van der Waals surface area contributed by atoms with Gasteiger partial charge in [-0.15, -0.1) is 0 Å². The normalized spacial score (nSPS) is 9.54. The molecular formula is C82H71KN4Na10O28S11. The minimum Gasteiger partial charge on any atom is -0.710 e. The Hall–Kier alpha value is -0.0236. The summed E-state index contributed by atoms with van der Waals surface area (Å²) in [7, 11) is -16.7. The number of para-hydroxylation sites is 1. The number of aryl methyl sites for hydroxylation is 2. The van der Waals surface area contributed by atoms with E-state index in [1.165, 1.54) is 107 Å². The number of amides is 2. The quantitative estimate of drug-likeness (QED) is 0.0190. The van der Waals surface area contributed by atoms with Crippen LogP contribution in [0.5, 0.6) is 0 Å². The molecule has 13 rings (SSSR count). The number of aromatic nitrogens is 2.